The summed E-state index contributed by atoms with van der Waals surface area (Å²) in [7, 11) is 0. The Morgan fingerprint density at radius 1 is 1.12 bits per heavy atom. The molecule has 1 aliphatic heterocycles. The molecule has 1 aliphatic rings. The maximum absolute atomic E-state index is 13.0. The monoisotopic (exact) mass is 438 g/mol. The number of carbonyl (C=O) groups is 1. The molecule has 2 unspecified atom stereocenters. The number of hydrogen-bond donors (Lipinski definition) is 1. The van der Waals surface area contributed by atoms with E-state index in [1.165, 1.54) is 24.3 Å². The van der Waals surface area contributed by atoms with E-state index in [9.17, 15) is 9.18 Å². The van der Waals surface area contributed by atoms with E-state index in [1.54, 1.807) is 29.6 Å². The molecule has 3 heterocycles. The number of amides is 1. The Bertz CT molecular complexity index is 1080. The third kappa shape index (κ3) is 4.74. The maximum atomic E-state index is 13.0. The van der Waals surface area contributed by atoms with Crippen LogP contribution < -0.4 is 15.0 Å². The molecule has 1 saturated heterocycles. The second-order valence-corrected chi connectivity index (χ2v) is 7.72. The third-order valence-electron chi connectivity index (χ3n) is 5.08. The summed E-state index contributed by atoms with van der Waals surface area (Å²) in [5, 5.41) is 3.19. The van der Waals surface area contributed by atoms with Crippen LogP contribution in [0, 0.1) is 11.7 Å². The van der Waals surface area contributed by atoms with Crippen LogP contribution in [0.15, 0.2) is 48.9 Å². The molecule has 10 heteroatoms. The van der Waals surface area contributed by atoms with E-state index in [1.807, 2.05) is 20.8 Å². The first-order chi connectivity index (χ1) is 15.4. The van der Waals surface area contributed by atoms with Gasteiger partial charge in [-0.2, -0.15) is 4.98 Å². The van der Waals surface area contributed by atoms with Gasteiger partial charge in [0.15, 0.2) is 0 Å². The highest BCUT2D eigenvalue weighted by atomic mass is 19.1. The number of hydrogen-bond acceptors (Lipinski definition) is 8. The Morgan fingerprint density at radius 3 is 2.53 bits per heavy atom. The number of carbonyl (C=O) groups excluding carboxylic acids is 1. The van der Waals surface area contributed by atoms with Crippen LogP contribution >= 0.6 is 0 Å². The van der Waals surface area contributed by atoms with E-state index in [4.69, 9.17) is 9.47 Å². The van der Waals surface area contributed by atoms with Crippen LogP contribution in [-0.4, -0.2) is 38.7 Å². The Morgan fingerprint density at radius 2 is 1.84 bits per heavy atom. The van der Waals surface area contributed by atoms with Gasteiger partial charge in [0.25, 0.3) is 0 Å². The Kier molecular flexibility index (Phi) is 6.11. The predicted molar refractivity (Wildman–Crippen MR) is 115 cm³/mol. The van der Waals surface area contributed by atoms with Crippen molar-refractivity contribution in [3.63, 3.8) is 0 Å². The molecule has 9 nitrogen and oxygen atoms in total. The number of nitrogens with zero attached hydrogens (tertiary/aromatic N) is 5. The molecule has 32 heavy (non-hydrogen) atoms. The van der Waals surface area contributed by atoms with Gasteiger partial charge in [0, 0.05) is 24.2 Å². The van der Waals surface area contributed by atoms with Gasteiger partial charge >= 0.3 is 12.1 Å². The van der Waals surface area contributed by atoms with E-state index < -0.39 is 6.09 Å². The third-order valence-corrected chi connectivity index (χ3v) is 5.08. The minimum atomic E-state index is -0.411. The molecule has 3 aromatic rings. The van der Waals surface area contributed by atoms with Crippen LogP contribution in [0.1, 0.15) is 32.4 Å². The fourth-order valence-electron chi connectivity index (χ4n) is 3.23. The molecule has 0 bridgehead atoms. The molecule has 0 aliphatic carbocycles. The average molecular weight is 438 g/mol. The van der Waals surface area contributed by atoms with Gasteiger partial charge < -0.3 is 14.8 Å². The molecule has 1 fully saturated rings. The molecule has 166 valence electrons. The van der Waals surface area contributed by atoms with Crippen molar-refractivity contribution in [3.8, 4) is 11.8 Å². The lowest BCUT2D eigenvalue weighted by molar-refractivity contribution is 0.177. The number of benzene rings is 1. The standard InChI is InChI=1S/C22H23FN6O3/c1-13(2)18-12-31-22(30)29(18)19-8-9-24-20(28-19)27-14(3)15-10-25-21(26-11-15)32-17-6-4-16(23)5-7-17/h4-11,13-14,18H,12H2,1-3H3,(H,24,27,28). The van der Waals surface area contributed by atoms with Gasteiger partial charge in [0.2, 0.25) is 5.95 Å². The lowest BCUT2D eigenvalue weighted by Gasteiger charge is -2.23. The van der Waals surface area contributed by atoms with Crippen molar-refractivity contribution >= 4 is 17.9 Å². The SMILES string of the molecule is CC(Nc1nccc(N2C(=O)OCC2C(C)C)n1)c1cnc(Oc2ccc(F)cc2)nc1. The maximum Gasteiger partial charge on any atom is 0.415 e. The predicted octanol–water partition coefficient (Wildman–Crippen LogP) is 4.35. The summed E-state index contributed by atoms with van der Waals surface area (Å²) in [6, 6.07) is 7.15. The summed E-state index contributed by atoms with van der Waals surface area (Å²) in [6.45, 7) is 6.32. The molecule has 0 saturated carbocycles. The summed E-state index contributed by atoms with van der Waals surface area (Å²) in [6.07, 6.45) is 4.43. The normalized spacial score (nSPS) is 16.7. The molecule has 4 rings (SSSR count). The number of aromatic nitrogens is 4. The van der Waals surface area contributed by atoms with Crippen LogP contribution in [-0.2, 0) is 4.74 Å². The zero-order valence-electron chi connectivity index (χ0n) is 17.9. The fourth-order valence-corrected chi connectivity index (χ4v) is 3.23. The van der Waals surface area contributed by atoms with Crippen LogP contribution in [0.4, 0.5) is 21.0 Å². The number of ether oxygens (including phenoxy) is 2. The smallest absolute Gasteiger partial charge is 0.415 e. The van der Waals surface area contributed by atoms with Crippen molar-refractivity contribution in [2.24, 2.45) is 5.92 Å². The quantitative estimate of drug-likeness (QED) is 0.581. The van der Waals surface area contributed by atoms with Crippen molar-refractivity contribution < 1.29 is 18.7 Å². The molecular weight excluding hydrogens is 415 g/mol. The highest BCUT2D eigenvalue weighted by Crippen LogP contribution is 2.27. The molecule has 1 aromatic carbocycles. The van der Waals surface area contributed by atoms with Crippen molar-refractivity contribution in [1.29, 1.82) is 0 Å². The van der Waals surface area contributed by atoms with Gasteiger partial charge in [-0.1, -0.05) is 13.8 Å². The highest BCUT2D eigenvalue weighted by Gasteiger charge is 2.37. The first-order valence-electron chi connectivity index (χ1n) is 10.2. The number of rotatable bonds is 7. The lowest BCUT2D eigenvalue weighted by atomic mass is 10.0. The molecule has 1 N–H and O–H groups in total. The summed E-state index contributed by atoms with van der Waals surface area (Å²) in [4.78, 5) is 30.9. The van der Waals surface area contributed by atoms with Gasteiger partial charge in [0.05, 0.1) is 12.1 Å². The summed E-state index contributed by atoms with van der Waals surface area (Å²) >= 11 is 0. The summed E-state index contributed by atoms with van der Waals surface area (Å²) < 4.78 is 23.7. The second kappa shape index (κ2) is 9.13. The largest absolute Gasteiger partial charge is 0.447 e. The van der Waals surface area contributed by atoms with Crippen molar-refractivity contribution in [3.05, 3.63) is 60.3 Å². The average Bonchev–Trinajstić information content (AvgIpc) is 3.18. The minimum absolute atomic E-state index is 0.0790. The molecule has 0 radical (unpaired) electrons. The van der Waals surface area contributed by atoms with Gasteiger partial charge in [-0.15, -0.1) is 0 Å². The van der Waals surface area contributed by atoms with Gasteiger partial charge in [0.1, 0.15) is 24.0 Å². The summed E-state index contributed by atoms with van der Waals surface area (Å²) in [5.41, 5.74) is 0.783. The number of halogens is 1. The Labute approximate surface area is 184 Å². The van der Waals surface area contributed by atoms with Crippen LogP contribution in [0.2, 0.25) is 0 Å². The highest BCUT2D eigenvalue weighted by molar-refractivity contribution is 5.89. The Hall–Kier alpha value is -3.82. The van der Waals surface area contributed by atoms with E-state index in [2.05, 4.69) is 25.3 Å². The van der Waals surface area contributed by atoms with Crippen LogP contribution in [0.3, 0.4) is 0 Å². The molecule has 1 amide bonds. The van der Waals surface area contributed by atoms with E-state index in [0.29, 0.717) is 24.1 Å². The molecular formula is C22H23FN6O3. The topological polar surface area (TPSA) is 102 Å². The van der Waals surface area contributed by atoms with E-state index >= 15 is 0 Å². The Balaban J connectivity index is 1.43. The zero-order chi connectivity index (χ0) is 22.7. The van der Waals surface area contributed by atoms with Crippen LogP contribution in [0.25, 0.3) is 0 Å². The fraction of sp³-hybridized carbons (Fsp3) is 0.318. The van der Waals surface area contributed by atoms with Crippen molar-refractivity contribution in [2.45, 2.75) is 32.9 Å². The van der Waals surface area contributed by atoms with Gasteiger partial charge in [-0.25, -0.2) is 24.1 Å². The second-order valence-electron chi connectivity index (χ2n) is 7.72. The van der Waals surface area contributed by atoms with E-state index in [0.717, 1.165) is 5.56 Å². The van der Waals surface area contributed by atoms with Gasteiger partial charge in [-0.3, -0.25) is 4.90 Å². The first-order valence-corrected chi connectivity index (χ1v) is 10.2. The first kappa shape index (κ1) is 21.4. The van der Waals surface area contributed by atoms with E-state index in [-0.39, 0.29) is 29.8 Å². The van der Waals surface area contributed by atoms with Crippen LogP contribution in [0.5, 0.6) is 11.8 Å². The number of cyclic esters (lactones) is 1. The number of anilines is 2. The molecule has 0 spiro atoms. The van der Waals surface area contributed by atoms with Crippen molar-refractivity contribution in [1.82, 2.24) is 19.9 Å². The van der Waals surface area contributed by atoms with Gasteiger partial charge in [-0.05, 0) is 43.2 Å². The molecule has 2 atom stereocenters. The minimum Gasteiger partial charge on any atom is -0.447 e. The lowest BCUT2D eigenvalue weighted by Crippen LogP contribution is -2.37. The summed E-state index contributed by atoms with van der Waals surface area (Å²) in [5.74, 6) is 1.16. The molecule has 2 aromatic heterocycles. The number of nitrogens with one attached hydrogen (secondary N) is 1. The zero-order valence-corrected chi connectivity index (χ0v) is 17.9. The van der Waals surface area contributed by atoms with Crippen molar-refractivity contribution in [2.75, 3.05) is 16.8 Å².